The topological polar surface area (TPSA) is 15.3 Å². The number of benzene rings is 1. The molecule has 1 N–H and O–H groups in total. The predicted molar refractivity (Wildman–Crippen MR) is 91.5 cm³/mol. The molecule has 1 unspecified atom stereocenters. The molecule has 0 spiro atoms. The molecule has 1 aromatic carbocycles. The van der Waals surface area contributed by atoms with Crippen LogP contribution in [0.3, 0.4) is 0 Å². The van der Waals surface area contributed by atoms with Crippen molar-refractivity contribution in [3.63, 3.8) is 0 Å². The van der Waals surface area contributed by atoms with Crippen molar-refractivity contribution in [3.8, 4) is 0 Å². The summed E-state index contributed by atoms with van der Waals surface area (Å²) in [5.74, 6) is 0.806. The highest BCUT2D eigenvalue weighted by atomic mass is 15.2. The molecule has 2 nitrogen and oxygen atoms in total. The monoisotopic (exact) mass is 288 g/mol. The molecule has 1 saturated heterocycles. The summed E-state index contributed by atoms with van der Waals surface area (Å²) in [5, 5.41) is 3.74. The maximum atomic E-state index is 3.74. The maximum absolute atomic E-state index is 3.74. The molecule has 1 fully saturated rings. The zero-order chi connectivity index (χ0) is 15.1. The van der Waals surface area contributed by atoms with E-state index >= 15 is 0 Å². The fourth-order valence-corrected chi connectivity index (χ4v) is 3.37. The van der Waals surface area contributed by atoms with E-state index in [1.807, 2.05) is 0 Å². The molecule has 0 aromatic heterocycles. The first-order chi connectivity index (χ1) is 10.2. The highest BCUT2D eigenvalue weighted by Crippen LogP contribution is 2.27. The molecule has 0 amide bonds. The third kappa shape index (κ3) is 5.12. The molecule has 0 radical (unpaired) electrons. The first kappa shape index (κ1) is 16.5. The number of hydrogen-bond donors (Lipinski definition) is 1. The second-order valence-electron chi connectivity index (χ2n) is 6.78. The van der Waals surface area contributed by atoms with E-state index in [0.717, 1.165) is 12.0 Å². The van der Waals surface area contributed by atoms with Gasteiger partial charge in [-0.3, -0.25) is 4.90 Å². The normalized spacial score (nSPS) is 19.0. The Balaban J connectivity index is 1.80. The van der Waals surface area contributed by atoms with Crippen LogP contribution < -0.4 is 5.32 Å². The second-order valence-corrected chi connectivity index (χ2v) is 6.78. The number of rotatable bonds is 7. The standard InChI is InChI=1S/C19H32N2/c1-4-19(17-8-6-5-7-9-17)21-14-11-18(12-15-21)20-13-10-16(2)3/h5-9,16,18-20H,4,10-15H2,1-3H3. The highest BCUT2D eigenvalue weighted by molar-refractivity contribution is 5.19. The number of nitrogens with one attached hydrogen (secondary N) is 1. The van der Waals surface area contributed by atoms with Crippen LogP contribution >= 0.6 is 0 Å². The Kier molecular flexibility index (Phi) is 6.72. The third-order valence-electron chi connectivity index (χ3n) is 4.70. The lowest BCUT2D eigenvalue weighted by Crippen LogP contribution is -2.44. The summed E-state index contributed by atoms with van der Waals surface area (Å²) in [6, 6.07) is 12.3. The Morgan fingerprint density at radius 3 is 2.38 bits per heavy atom. The summed E-state index contributed by atoms with van der Waals surface area (Å²) in [7, 11) is 0. The quantitative estimate of drug-likeness (QED) is 0.807. The van der Waals surface area contributed by atoms with Crippen molar-refractivity contribution in [1.82, 2.24) is 10.2 Å². The molecule has 21 heavy (non-hydrogen) atoms. The van der Waals surface area contributed by atoms with Crippen molar-refractivity contribution < 1.29 is 0 Å². The zero-order valence-electron chi connectivity index (χ0n) is 14.0. The molecule has 0 saturated carbocycles. The van der Waals surface area contributed by atoms with Gasteiger partial charge in [0.15, 0.2) is 0 Å². The number of piperidine rings is 1. The first-order valence-electron chi connectivity index (χ1n) is 8.73. The van der Waals surface area contributed by atoms with E-state index in [1.54, 1.807) is 0 Å². The van der Waals surface area contributed by atoms with Crippen LogP contribution in [0.2, 0.25) is 0 Å². The van der Waals surface area contributed by atoms with Crippen molar-refractivity contribution in [2.45, 2.75) is 58.5 Å². The largest absolute Gasteiger partial charge is 0.314 e. The average Bonchev–Trinajstić information content (AvgIpc) is 2.50. The summed E-state index contributed by atoms with van der Waals surface area (Å²) in [6.07, 6.45) is 5.08. The number of likely N-dealkylation sites (tertiary alicyclic amines) is 1. The van der Waals surface area contributed by atoms with Crippen LogP contribution in [0.25, 0.3) is 0 Å². The maximum Gasteiger partial charge on any atom is 0.0345 e. The van der Waals surface area contributed by atoms with E-state index in [9.17, 15) is 0 Å². The van der Waals surface area contributed by atoms with Crippen molar-refractivity contribution in [1.29, 1.82) is 0 Å². The first-order valence-corrected chi connectivity index (χ1v) is 8.73. The van der Waals surface area contributed by atoms with E-state index in [1.165, 1.54) is 50.9 Å². The van der Waals surface area contributed by atoms with Gasteiger partial charge < -0.3 is 5.32 Å². The molecule has 0 aliphatic carbocycles. The van der Waals surface area contributed by atoms with Gasteiger partial charge in [-0.2, -0.15) is 0 Å². The van der Waals surface area contributed by atoms with Crippen LogP contribution in [0.15, 0.2) is 30.3 Å². The van der Waals surface area contributed by atoms with Gasteiger partial charge in [0.1, 0.15) is 0 Å². The van der Waals surface area contributed by atoms with Crippen molar-refractivity contribution >= 4 is 0 Å². The van der Waals surface area contributed by atoms with Crippen LogP contribution in [0.5, 0.6) is 0 Å². The molecule has 0 bridgehead atoms. The van der Waals surface area contributed by atoms with E-state index in [-0.39, 0.29) is 0 Å². The van der Waals surface area contributed by atoms with E-state index in [4.69, 9.17) is 0 Å². The van der Waals surface area contributed by atoms with Gasteiger partial charge in [0.25, 0.3) is 0 Å². The van der Waals surface area contributed by atoms with E-state index in [2.05, 4.69) is 61.3 Å². The molecule has 1 aliphatic rings. The number of nitrogens with zero attached hydrogens (tertiary/aromatic N) is 1. The van der Waals surface area contributed by atoms with Gasteiger partial charge in [0, 0.05) is 25.2 Å². The van der Waals surface area contributed by atoms with Gasteiger partial charge in [-0.05, 0) is 43.7 Å². The van der Waals surface area contributed by atoms with E-state index in [0.29, 0.717) is 6.04 Å². The lowest BCUT2D eigenvalue weighted by Gasteiger charge is -2.38. The Labute approximate surface area is 130 Å². The van der Waals surface area contributed by atoms with Gasteiger partial charge in [-0.1, -0.05) is 51.1 Å². The smallest absolute Gasteiger partial charge is 0.0345 e. The Morgan fingerprint density at radius 1 is 1.14 bits per heavy atom. The molecular formula is C19H32N2. The minimum atomic E-state index is 0.600. The SMILES string of the molecule is CCC(c1ccccc1)N1CCC(NCCC(C)C)CC1. The van der Waals surface area contributed by atoms with Gasteiger partial charge in [0.05, 0.1) is 0 Å². The Hall–Kier alpha value is -0.860. The highest BCUT2D eigenvalue weighted by Gasteiger charge is 2.24. The summed E-state index contributed by atoms with van der Waals surface area (Å²) in [4.78, 5) is 2.68. The third-order valence-corrected chi connectivity index (χ3v) is 4.70. The van der Waals surface area contributed by atoms with Crippen molar-refractivity contribution in [3.05, 3.63) is 35.9 Å². The molecular weight excluding hydrogens is 256 g/mol. The zero-order valence-corrected chi connectivity index (χ0v) is 14.0. The average molecular weight is 288 g/mol. The van der Waals surface area contributed by atoms with Crippen LogP contribution in [-0.4, -0.2) is 30.6 Å². The van der Waals surface area contributed by atoms with Gasteiger partial charge in [0.2, 0.25) is 0 Å². The van der Waals surface area contributed by atoms with Crippen LogP contribution in [0.4, 0.5) is 0 Å². The van der Waals surface area contributed by atoms with Crippen LogP contribution in [-0.2, 0) is 0 Å². The lowest BCUT2D eigenvalue weighted by atomic mass is 9.97. The molecule has 2 rings (SSSR count). The fourth-order valence-electron chi connectivity index (χ4n) is 3.37. The molecule has 118 valence electrons. The van der Waals surface area contributed by atoms with E-state index < -0.39 is 0 Å². The Morgan fingerprint density at radius 2 is 1.81 bits per heavy atom. The summed E-state index contributed by atoms with van der Waals surface area (Å²) < 4.78 is 0. The van der Waals surface area contributed by atoms with Gasteiger partial charge in [-0.15, -0.1) is 0 Å². The predicted octanol–water partition coefficient (Wildman–Crippen LogP) is 4.24. The van der Waals surface area contributed by atoms with Gasteiger partial charge in [-0.25, -0.2) is 0 Å². The lowest BCUT2D eigenvalue weighted by molar-refractivity contribution is 0.139. The fraction of sp³-hybridized carbons (Fsp3) is 0.684. The van der Waals surface area contributed by atoms with Crippen LogP contribution in [0, 0.1) is 5.92 Å². The molecule has 1 aliphatic heterocycles. The summed E-state index contributed by atoms with van der Waals surface area (Å²) >= 11 is 0. The number of hydrogen-bond acceptors (Lipinski definition) is 2. The van der Waals surface area contributed by atoms with Gasteiger partial charge >= 0.3 is 0 Å². The summed E-state index contributed by atoms with van der Waals surface area (Å²) in [6.45, 7) is 10.5. The van der Waals surface area contributed by atoms with Crippen molar-refractivity contribution in [2.75, 3.05) is 19.6 Å². The summed E-state index contributed by atoms with van der Waals surface area (Å²) in [5.41, 5.74) is 1.48. The van der Waals surface area contributed by atoms with Crippen LogP contribution in [0.1, 0.15) is 58.1 Å². The molecule has 1 aromatic rings. The Bertz CT molecular complexity index is 380. The molecule has 1 atom stereocenters. The second kappa shape index (κ2) is 8.55. The van der Waals surface area contributed by atoms with Crippen molar-refractivity contribution in [2.24, 2.45) is 5.92 Å². The minimum Gasteiger partial charge on any atom is -0.314 e. The molecule has 2 heteroatoms. The minimum absolute atomic E-state index is 0.600. The molecule has 1 heterocycles.